The van der Waals surface area contributed by atoms with Crippen molar-refractivity contribution in [2.24, 2.45) is 5.73 Å². The molecule has 0 radical (unpaired) electrons. The third kappa shape index (κ3) is 4.40. The predicted molar refractivity (Wildman–Crippen MR) is 97.1 cm³/mol. The van der Waals surface area contributed by atoms with E-state index in [-0.39, 0.29) is 5.56 Å². The molecule has 0 spiro atoms. The lowest BCUT2D eigenvalue weighted by molar-refractivity contribution is 0.100. The van der Waals surface area contributed by atoms with Crippen LogP contribution in [0.3, 0.4) is 0 Å². The smallest absolute Gasteiger partial charge is 0.258 e. The summed E-state index contributed by atoms with van der Waals surface area (Å²) in [5.74, 6) is -0.510. The van der Waals surface area contributed by atoms with E-state index in [2.05, 4.69) is 41.8 Å². The highest BCUT2D eigenvalue weighted by Gasteiger charge is 2.04. The molecule has 0 aliphatic rings. The van der Waals surface area contributed by atoms with E-state index in [1.54, 1.807) is 30.3 Å². The van der Waals surface area contributed by atoms with Crippen molar-refractivity contribution in [3.8, 4) is 0 Å². The minimum absolute atomic E-state index is 0.110. The van der Waals surface area contributed by atoms with Crippen molar-refractivity contribution in [2.75, 3.05) is 5.73 Å². The van der Waals surface area contributed by atoms with Gasteiger partial charge >= 0.3 is 0 Å². The number of hydrogen-bond donors (Lipinski definition) is 3. The zero-order valence-corrected chi connectivity index (χ0v) is 14.9. The first-order valence-corrected chi connectivity index (χ1v) is 7.95. The van der Waals surface area contributed by atoms with Gasteiger partial charge < -0.3 is 16.5 Å². The summed E-state index contributed by atoms with van der Waals surface area (Å²) in [5, 5.41) is 0.604. The maximum Gasteiger partial charge on any atom is 0.258 e. The summed E-state index contributed by atoms with van der Waals surface area (Å²) in [4.78, 5) is 28.4. The van der Waals surface area contributed by atoms with Crippen LogP contribution in [0.2, 0.25) is 0 Å². The van der Waals surface area contributed by atoms with E-state index in [0.29, 0.717) is 22.2 Å². The maximum absolute atomic E-state index is 11.2. The topological polar surface area (TPSA) is 115 Å². The zero-order chi connectivity index (χ0) is 17.0. The summed E-state index contributed by atoms with van der Waals surface area (Å²) in [5.41, 5.74) is 11.9. The van der Waals surface area contributed by atoms with Gasteiger partial charge in [0.1, 0.15) is 0 Å². The van der Waals surface area contributed by atoms with Crippen LogP contribution in [0, 0.1) is 0 Å². The van der Waals surface area contributed by atoms with Gasteiger partial charge in [-0.1, -0.05) is 31.9 Å². The molecule has 5 N–H and O–H groups in total. The third-order valence-corrected chi connectivity index (χ3v) is 3.87. The van der Waals surface area contributed by atoms with E-state index >= 15 is 0 Å². The molecule has 118 valence electrons. The number of nitrogen functional groups attached to an aromatic ring is 1. The number of nitrogens with two attached hydrogens (primary N) is 2. The number of nitrogens with zero attached hydrogens (tertiary/aromatic N) is 1. The lowest BCUT2D eigenvalue weighted by atomic mass is 10.2. The Hall–Kier alpha value is -2.19. The molecule has 3 aromatic rings. The van der Waals surface area contributed by atoms with Crippen LogP contribution in [0.5, 0.6) is 0 Å². The lowest BCUT2D eigenvalue weighted by Crippen LogP contribution is -2.13. The second-order valence-electron chi connectivity index (χ2n) is 4.49. The van der Waals surface area contributed by atoms with Crippen LogP contribution in [0.25, 0.3) is 10.9 Å². The molecular formula is C15H12Br2N4O2. The number of aromatic amines is 1. The molecule has 8 heteroatoms. The summed E-state index contributed by atoms with van der Waals surface area (Å²) in [6, 6.07) is 10.4. The highest BCUT2D eigenvalue weighted by molar-refractivity contribution is 9.10. The molecule has 0 bridgehead atoms. The summed E-state index contributed by atoms with van der Waals surface area (Å²) >= 11 is 6.49. The van der Waals surface area contributed by atoms with Crippen LogP contribution in [0.1, 0.15) is 10.4 Å². The number of H-pyrrole nitrogens is 1. The number of carbonyl (C=O) groups excluding carboxylic acids is 1. The van der Waals surface area contributed by atoms with Gasteiger partial charge in [-0.3, -0.25) is 9.59 Å². The Bertz CT molecular complexity index is 925. The van der Waals surface area contributed by atoms with Crippen LogP contribution >= 0.6 is 31.9 Å². The van der Waals surface area contributed by atoms with Crippen molar-refractivity contribution in [3.63, 3.8) is 0 Å². The van der Waals surface area contributed by atoms with Gasteiger partial charge in [0, 0.05) is 14.6 Å². The zero-order valence-electron chi connectivity index (χ0n) is 11.7. The maximum atomic E-state index is 11.2. The Morgan fingerprint density at radius 1 is 1.09 bits per heavy atom. The second-order valence-corrected chi connectivity index (χ2v) is 6.32. The van der Waals surface area contributed by atoms with Gasteiger partial charge in [-0.15, -0.1) is 0 Å². The molecule has 1 amide bonds. The van der Waals surface area contributed by atoms with Gasteiger partial charge in [0.2, 0.25) is 0 Å². The summed E-state index contributed by atoms with van der Waals surface area (Å²) in [7, 11) is 0. The average molecular weight is 440 g/mol. The van der Waals surface area contributed by atoms with Crippen LogP contribution in [0.15, 0.2) is 56.5 Å². The minimum Gasteiger partial charge on any atom is -0.398 e. The number of halogens is 2. The normalized spacial score (nSPS) is 10.0. The molecule has 2 aromatic carbocycles. The highest BCUT2D eigenvalue weighted by atomic mass is 79.9. The van der Waals surface area contributed by atoms with E-state index < -0.39 is 5.91 Å². The fraction of sp³-hybridized carbons (Fsp3) is 0. The minimum atomic E-state index is -0.510. The van der Waals surface area contributed by atoms with Crippen LogP contribution < -0.4 is 17.0 Å². The Kier molecular flexibility index (Phi) is 5.51. The van der Waals surface area contributed by atoms with E-state index in [0.717, 1.165) is 8.95 Å². The Morgan fingerprint density at radius 3 is 2.39 bits per heavy atom. The molecule has 0 atom stereocenters. The standard InChI is InChI=1S/C8H5BrN2O.C7H7BrN2O/c9-5-1-2-7-6(3-5)8(12)11-4-10-7;8-4-1-2-6(9)5(3-4)7(10)11/h1-4H,(H,10,11,12);1-3H,9H2,(H2,10,11). The average Bonchev–Trinajstić information content (AvgIpc) is 2.51. The van der Waals surface area contributed by atoms with Gasteiger partial charge in [-0.2, -0.15) is 0 Å². The Morgan fingerprint density at radius 2 is 1.74 bits per heavy atom. The van der Waals surface area contributed by atoms with Crippen LogP contribution in [-0.4, -0.2) is 15.9 Å². The molecule has 0 unspecified atom stereocenters. The quantitative estimate of drug-likeness (QED) is 0.505. The predicted octanol–water partition coefficient (Wildman–Crippen LogP) is 2.82. The van der Waals surface area contributed by atoms with Crippen LogP contribution in [0.4, 0.5) is 5.69 Å². The third-order valence-electron chi connectivity index (χ3n) is 2.88. The number of hydrogen-bond acceptors (Lipinski definition) is 4. The number of anilines is 1. The number of carbonyl (C=O) groups is 1. The first-order valence-electron chi connectivity index (χ1n) is 6.36. The SMILES string of the molecule is NC(=O)c1cc(Br)ccc1N.O=c1[nH]cnc2ccc(Br)cc12. The fourth-order valence-corrected chi connectivity index (χ4v) is 2.50. The Labute approximate surface area is 148 Å². The molecule has 3 rings (SSSR count). The molecule has 0 saturated carbocycles. The number of fused-ring (bicyclic) bond motifs is 1. The number of amides is 1. The first-order chi connectivity index (χ1) is 10.9. The summed E-state index contributed by atoms with van der Waals surface area (Å²) in [6.07, 6.45) is 1.40. The van der Waals surface area contributed by atoms with E-state index in [1.165, 1.54) is 6.33 Å². The molecule has 1 heterocycles. The van der Waals surface area contributed by atoms with Crippen molar-refractivity contribution in [2.45, 2.75) is 0 Å². The second kappa shape index (κ2) is 7.38. The Balaban J connectivity index is 0.000000168. The van der Waals surface area contributed by atoms with E-state index in [9.17, 15) is 9.59 Å². The number of aromatic nitrogens is 2. The van der Waals surface area contributed by atoms with Gasteiger partial charge in [-0.05, 0) is 36.4 Å². The molecule has 23 heavy (non-hydrogen) atoms. The molecule has 6 nitrogen and oxygen atoms in total. The molecule has 1 aromatic heterocycles. The summed E-state index contributed by atoms with van der Waals surface area (Å²) < 4.78 is 1.68. The lowest BCUT2D eigenvalue weighted by Gasteiger charge is -2.00. The molecule has 0 saturated heterocycles. The summed E-state index contributed by atoms with van der Waals surface area (Å²) in [6.45, 7) is 0. The van der Waals surface area contributed by atoms with Gasteiger partial charge in [0.15, 0.2) is 0 Å². The van der Waals surface area contributed by atoms with Crippen molar-refractivity contribution < 1.29 is 4.79 Å². The van der Waals surface area contributed by atoms with E-state index in [1.807, 2.05) is 6.07 Å². The fourth-order valence-electron chi connectivity index (χ4n) is 1.78. The number of rotatable bonds is 1. The number of nitrogens with one attached hydrogen (secondary N) is 1. The number of benzene rings is 2. The molecule has 0 aliphatic heterocycles. The highest BCUT2D eigenvalue weighted by Crippen LogP contribution is 2.17. The largest absolute Gasteiger partial charge is 0.398 e. The molecule has 0 aliphatic carbocycles. The number of primary amides is 1. The molecule has 0 fully saturated rings. The van der Waals surface area contributed by atoms with Gasteiger partial charge in [0.05, 0.1) is 22.8 Å². The van der Waals surface area contributed by atoms with Crippen molar-refractivity contribution in [1.82, 2.24) is 9.97 Å². The van der Waals surface area contributed by atoms with E-state index in [4.69, 9.17) is 11.5 Å². The van der Waals surface area contributed by atoms with Crippen molar-refractivity contribution in [3.05, 3.63) is 67.6 Å². The first kappa shape index (κ1) is 17.2. The van der Waals surface area contributed by atoms with Crippen LogP contribution in [-0.2, 0) is 0 Å². The monoisotopic (exact) mass is 438 g/mol. The van der Waals surface area contributed by atoms with Crippen molar-refractivity contribution >= 4 is 54.4 Å². The van der Waals surface area contributed by atoms with Gasteiger partial charge in [-0.25, -0.2) is 4.98 Å². The van der Waals surface area contributed by atoms with Gasteiger partial charge in [0.25, 0.3) is 11.5 Å². The van der Waals surface area contributed by atoms with Crippen molar-refractivity contribution in [1.29, 1.82) is 0 Å². The molecular weight excluding hydrogens is 428 g/mol.